The van der Waals surface area contributed by atoms with Gasteiger partial charge in [-0.15, -0.1) is 0 Å². The van der Waals surface area contributed by atoms with Crippen molar-refractivity contribution in [1.29, 1.82) is 0 Å². The molecule has 0 spiro atoms. The summed E-state index contributed by atoms with van der Waals surface area (Å²) >= 11 is 0. The van der Waals surface area contributed by atoms with E-state index in [0.29, 0.717) is 17.8 Å². The van der Waals surface area contributed by atoms with Crippen LogP contribution in [0.15, 0.2) is 0 Å². The third kappa shape index (κ3) is 1.17. The minimum atomic E-state index is 0.338. The van der Waals surface area contributed by atoms with E-state index in [-0.39, 0.29) is 0 Å². The van der Waals surface area contributed by atoms with Gasteiger partial charge in [0.25, 0.3) is 0 Å². The smallest absolute Gasteiger partial charge is 0.0949 e. The van der Waals surface area contributed by atoms with Gasteiger partial charge in [-0.1, -0.05) is 12.8 Å². The summed E-state index contributed by atoms with van der Waals surface area (Å²) in [7, 11) is 0. The predicted octanol–water partition coefficient (Wildman–Crippen LogP) is 1.88. The van der Waals surface area contributed by atoms with Crippen LogP contribution in [0.3, 0.4) is 0 Å². The summed E-state index contributed by atoms with van der Waals surface area (Å²) in [4.78, 5) is 0. The van der Waals surface area contributed by atoms with E-state index in [2.05, 4.69) is 0 Å². The number of epoxide rings is 2. The van der Waals surface area contributed by atoms with Crippen molar-refractivity contribution in [2.75, 3.05) is 6.61 Å². The van der Waals surface area contributed by atoms with Gasteiger partial charge in [-0.2, -0.15) is 0 Å². The van der Waals surface area contributed by atoms with Crippen LogP contribution >= 0.6 is 0 Å². The van der Waals surface area contributed by atoms with Crippen molar-refractivity contribution in [2.24, 2.45) is 0 Å². The molecule has 0 N–H and O–H groups in total. The summed E-state index contributed by atoms with van der Waals surface area (Å²) in [5.74, 6) is 0. The average Bonchev–Trinajstić information content (AvgIpc) is 2.98. The molecule has 1 saturated carbocycles. The summed E-state index contributed by atoms with van der Waals surface area (Å²) < 4.78 is 11.0. The van der Waals surface area contributed by atoms with Gasteiger partial charge in [-0.05, 0) is 25.7 Å². The van der Waals surface area contributed by atoms with Gasteiger partial charge in [0.15, 0.2) is 0 Å². The number of hydrogen-bond acceptors (Lipinski definition) is 2. The molecule has 2 heterocycles. The highest BCUT2D eigenvalue weighted by Crippen LogP contribution is 2.51. The predicted molar refractivity (Wildman–Crippen MR) is 45.0 cm³/mol. The Balaban J connectivity index is 1.53. The fourth-order valence-electron chi connectivity index (χ4n) is 2.53. The Bertz CT molecular complexity index is 188. The first-order valence-corrected chi connectivity index (χ1v) is 5.18. The van der Waals surface area contributed by atoms with Gasteiger partial charge in [0, 0.05) is 0 Å². The molecule has 3 atom stereocenters. The van der Waals surface area contributed by atoms with Crippen LogP contribution in [-0.2, 0) is 9.47 Å². The minimum absolute atomic E-state index is 0.338. The number of fused-ring (bicyclic) bond motifs is 1. The molecule has 0 aromatic carbocycles. The molecule has 2 saturated heterocycles. The molecule has 2 aliphatic heterocycles. The average molecular weight is 168 g/mol. The normalized spacial score (nSPS) is 50.0. The zero-order valence-corrected chi connectivity index (χ0v) is 7.42. The molecule has 0 amide bonds. The van der Waals surface area contributed by atoms with Crippen molar-refractivity contribution in [2.45, 2.75) is 56.3 Å². The second-order valence-electron chi connectivity index (χ2n) is 4.41. The van der Waals surface area contributed by atoms with Crippen LogP contribution in [0.25, 0.3) is 0 Å². The second-order valence-corrected chi connectivity index (χ2v) is 4.41. The molecule has 0 aromatic rings. The molecule has 0 radical (unpaired) electrons. The fraction of sp³-hybridized carbons (Fsp3) is 1.00. The zero-order valence-electron chi connectivity index (χ0n) is 7.42. The highest BCUT2D eigenvalue weighted by molar-refractivity contribution is 5.05. The molecule has 3 fully saturated rings. The van der Waals surface area contributed by atoms with Crippen molar-refractivity contribution < 1.29 is 9.47 Å². The van der Waals surface area contributed by atoms with Gasteiger partial charge >= 0.3 is 0 Å². The molecule has 1 aliphatic carbocycles. The lowest BCUT2D eigenvalue weighted by atomic mass is 9.85. The first kappa shape index (κ1) is 7.34. The zero-order chi connectivity index (χ0) is 8.02. The Kier molecular flexibility index (Phi) is 1.50. The maximum atomic E-state index is 5.79. The van der Waals surface area contributed by atoms with E-state index >= 15 is 0 Å². The van der Waals surface area contributed by atoms with Crippen molar-refractivity contribution in [3.63, 3.8) is 0 Å². The quantitative estimate of drug-likeness (QED) is 0.601. The van der Waals surface area contributed by atoms with E-state index in [9.17, 15) is 0 Å². The SMILES string of the molecule is C1CCC2(CCC3CO3)OC2C1. The third-order valence-corrected chi connectivity index (χ3v) is 3.51. The van der Waals surface area contributed by atoms with Crippen molar-refractivity contribution in [1.82, 2.24) is 0 Å². The van der Waals surface area contributed by atoms with E-state index < -0.39 is 0 Å². The van der Waals surface area contributed by atoms with Crippen molar-refractivity contribution in [3.05, 3.63) is 0 Å². The molecule has 2 nitrogen and oxygen atoms in total. The van der Waals surface area contributed by atoms with Gasteiger partial charge in [-0.25, -0.2) is 0 Å². The molecule has 2 heteroatoms. The second kappa shape index (κ2) is 2.46. The van der Waals surface area contributed by atoms with E-state index in [1.54, 1.807) is 0 Å². The Hall–Kier alpha value is -0.0800. The Morgan fingerprint density at radius 3 is 3.00 bits per heavy atom. The van der Waals surface area contributed by atoms with E-state index in [1.165, 1.54) is 38.5 Å². The lowest BCUT2D eigenvalue weighted by molar-refractivity contribution is 0.257. The van der Waals surface area contributed by atoms with Crippen LogP contribution in [0.5, 0.6) is 0 Å². The number of ether oxygens (including phenoxy) is 2. The topological polar surface area (TPSA) is 25.1 Å². The molecular weight excluding hydrogens is 152 g/mol. The Labute approximate surface area is 73.2 Å². The summed E-state index contributed by atoms with van der Waals surface area (Å²) in [5, 5.41) is 0. The summed E-state index contributed by atoms with van der Waals surface area (Å²) in [5.41, 5.74) is 0.338. The summed E-state index contributed by atoms with van der Waals surface area (Å²) in [6.45, 7) is 1.00. The maximum Gasteiger partial charge on any atom is 0.0949 e. The highest BCUT2D eigenvalue weighted by Gasteiger charge is 2.56. The monoisotopic (exact) mass is 168 g/mol. The maximum absolute atomic E-state index is 5.79. The van der Waals surface area contributed by atoms with Crippen LogP contribution in [-0.4, -0.2) is 24.4 Å². The molecule has 12 heavy (non-hydrogen) atoms. The molecular formula is C10H16O2. The third-order valence-electron chi connectivity index (χ3n) is 3.51. The lowest BCUT2D eigenvalue weighted by Gasteiger charge is -2.15. The Morgan fingerprint density at radius 2 is 2.25 bits per heavy atom. The van der Waals surface area contributed by atoms with Gasteiger partial charge < -0.3 is 9.47 Å². The Morgan fingerprint density at radius 1 is 1.33 bits per heavy atom. The summed E-state index contributed by atoms with van der Waals surface area (Å²) in [6.07, 6.45) is 9.08. The number of hydrogen-bond donors (Lipinski definition) is 0. The molecule has 0 aromatic heterocycles. The van der Waals surface area contributed by atoms with Crippen LogP contribution < -0.4 is 0 Å². The number of rotatable bonds is 3. The molecule has 0 bridgehead atoms. The van der Waals surface area contributed by atoms with Crippen molar-refractivity contribution >= 4 is 0 Å². The molecule has 3 rings (SSSR count). The first-order valence-electron chi connectivity index (χ1n) is 5.18. The largest absolute Gasteiger partial charge is 0.373 e. The lowest BCUT2D eigenvalue weighted by Crippen LogP contribution is -2.19. The summed E-state index contributed by atoms with van der Waals surface area (Å²) in [6, 6.07) is 0. The molecule has 68 valence electrons. The van der Waals surface area contributed by atoms with Gasteiger partial charge in [0.1, 0.15) is 0 Å². The van der Waals surface area contributed by atoms with E-state index in [4.69, 9.17) is 9.47 Å². The van der Waals surface area contributed by atoms with Gasteiger partial charge in [0.05, 0.1) is 24.4 Å². The highest BCUT2D eigenvalue weighted by atomic mass is 16.6. The minimum Gasteiger partial charge on any atom is -0.373 e. The van der Waals surface area contributed by atoms with Crippen molar-refractivity contribution in [3.8, 4) is 0 Å². The first-order chi connectivity index (χ1) is 5.89. The molecule has 3 unspecified atom stereocenters. The van der Waals surface area contributed by atoms with Crippen LogP contribution in [0.4, 0.5) is 0 Å². The fourth-order valence-corrected chi connectivity index (χ4v) is 2.53. The van der Waals surface area contributed by atoms with Gasteiger partial charge in [0.2, 0.25) is 0 Å². The van der Waals surface area contributed by atoms with Crippen LogP contribution in [0.1, 0.15) is 38.5 Å². The van der Waals surface area contributed by atoms with Crippen LogP contribution in [0, 0.1) is 0 Å². The van der Waals surface area contributed by atoms with Gasteiger partial charge in [-0.3, -0.25) is 0 Å². The van der Waals surface area contributed by atoms with E-state index in [0.717, 1.165) is 6.61 Å². The van der Waals surface area contributed by atoms with E-state index in [1.807, 2.05) is 0 Å². The van der Waals surface area contributed by atoms with Crippen LogP contribution in [0.2, 0.25) is 0 Å². The standard InChI is InChI=1S/C10H16O2/c1-2-5-10(9(3-1)12-10)6-4-8-7-11-8/h8-9H,1-7H2. The molecule has 3 aliphatic rings.